The lowest BCUT2D eigenvalue weighted by molar-refractivity contribution is -0.136. The number of nitrogens with zero attached hydrogens (tertiary/aromatic N) is 5. The number of nitrogens with two attached hydrogens (primary N) is 1. The van der Waals surface area contributed by atoms with E-state index in [0.29, 0.717) is 38.0 Å². The van der Waals surface area contributed by atoms with Crippen molar-refractivity contribution in [2.24, 2.45) is 5.73 Å². The highest BCUT2D eigenvalue weighted by atomic mass is 16.2. The molecule has 5 heterocycles. The Morgan fingerprint density at radius 1 is 1.22 bits per heavy atom. The Balaban J connectivity index is 1.51. The second-order valence-electron chi connectivity index (χ2n) is 8.96. The first-order valence-electron chi connectivity index (χ1n) is 10.8. The fourth-order valence-electron chi connectivity index (χ4n) is 4.48. The molecule has 0 bridgehead atoms. The number of H-pyrrole nitrogens is 1. The van der Waals surface area contributed by atoms with Gasteiger partial charge in [-0.25, -0.2) is 9.78 Å². The van der Waals surface area contributed by atoms with Crippen LogP contribution in [0.5, 0.6) is 0 Å². The van der Waals surface area contributed by atoms with Crippen molar-refractivity contribution in [3.8, 4) is 11.3 Å². The summed E-state index contributed by atoms with van der Waals surface area (Å²) < 4.78 is 0. The van der Waals surface area contributed by atoms with Gasteiger partial charge >= 0.3 is 6.03 Å². The van der Waals surface area contributed by atoms with Gasteiger partial charge in [-0.2, -0.15) is 5.10 Å². The molecule has 0 unspecified atom stereocenters. The smallest absolute Gasteiger partial charge is 0.322 e. The molecule has 0 saturated carbocycles. The van der Waals surface area contributed by atoms with Crippen LogP contribution in [0.4, 0.5) is 10.5 Å². The number of hydrogen-bond donors (Lipinski definition) is 3. The van der Waals surface area contributed by atoms with Crippen molar-refractivity contribution in [3.63, 3.8) is 0 Å². The van der Waals surface area contributed by atoms with Gasteiger partial charge in [0.15, 0.2) is 0 Å². The monoisotopic (exact) mass is 434 g/mol. The second kappa shape index (κ2) is 7.56. The van der Waals surface area contributed by atoms with Crippen LogP contribution >= 0.6 is 0 Å². The van der Waals surface area contributed by atoms with Crippen molar-refractivity contribution >= 4 is 28.7 Å². The van der Waals surface area contributed by atoms with E-state index in [1.165, 1.54) is 0 Å². The van der Waals surface area contributed by atoms with Crippen molar-refractivity contribution in [1.29, 1.82) is 0 Å². The maximum Gasteiger partial charge on any atom is 0.322 e. The van der Waals surface area contributed by atoms with Gasteiger partial charge in [0.25, 0.3) is 0 Å². The number of fused-ring (bicyclic) bond motifs is 3. The molecule has 2 aliphatic heterocycles. The summed E-state index contributed by atoms with van der Waals surface area (Å²) in [6.07, 6.45) is 6.64. The van der Waals surface area contributed by atoms with Crippen LogP contribution in [-0.2, 0) is 11.3 Å². The number of piperidine rings is 1. The van der Waals surface area contributed by atoms with Gasteiger partial charge in [-0.3, -0.25) is 19.8 Å². The summed E-state index contributed by atoms with van der Waals surface area (Å²) in [6, 6.07) is 3.62. The maximum atomic E-state index is 13.0. The molecule has 32 heavy (non-hydrogen) atoms. The Kier molecular flexibility index (Phi) is 4.81. The van der Waals surface area contributed by atoms with Crippen molar-refractivity contribution in [2.75, 3.05) is 18.0 Å². The van der Waals surface area contributed by atoms with E-state index in [1.54, 1.807) is 37.3 Å². The Morgan fingerprint density at radius 2 is 2.00 bits per heavy atom. The maximum absolute atomic E-state index is 13.0. The van der Waals surface area contributed by atoms with Crippen LogP contribution in [0.3, 0.4) is 0 Å². The summed E-state index contributed by atoms with van der Waals surface area (Å²) in [6.45, 7) is 4.96. The van der Waals surface area contributed by atoms with Crippen LogP contribution in [0.1, 0.15) is 32.3 Å². The number of pyridine rings is 2. The predicted molar refractivity (Wildman–Crippen MR) is 120 cm³/mol. The zero-order valence-corrected chi connectivity index (χ0v) is 18.1. The molecule has 10 nitrogen and oxygen atoms in total. The predicted octanol–water partition coefficient (Wildman–Crippen LogP) is 1.78. The van der Waals surface area contributed by atoms with Gasteiger partial charge in [0.2, 0.25) is 5.91 Å². The van der Waals surface area contributed by atoms with E-state index in [2.05, 4.69) is 20.5 Å². The number of carbonyl (C=O) groups excluding carboxylic acids is 2. The van der Waals surface area contributed by atoms with Crippen LogP contribution in [0.2, 0.25) is 0 Å². The molecule has 0 aliphatic carbocycles. The Morgan fingerprint density at radius 3 is 2.69 bits per heavy atom. The first kappa shape index (κ1) is 20.4. The molecule has 3 aromatic heterocycles. The van der Waals surface area contributed by atoms with Gasteiger partial charge < -0.3 is 16.0 Å². The number of nitrogens with one attached hydrogen (secondary N) is 2. The number of urea groups is 1. The largest absolute Gasteiger partial charge is 0.341 e. The van der Waals surface area contributed by atoms with Gasteiger partial charge in [-0.1, -0.05) is 0 Å². The van der Waals surface area contributed by atoms with Crippen molar-refractivity contribution in [1.82, 2.24) is 30.4 Å². The summed E-state index contributed by atoms with van der Waals surface area (Å²) in [7, 11) is 0. The number of amides is 3. The molecular weight excluding hydrogens is 408 g/mol. The average Bonchev–Trinajstić information content (AvgIpc) is 3.32. The highest BCUT2D eigenvalue weighted by Crippen LogP contribution is 2.36. The normalized spacial score (nSPS) is 17.4. The Hall–Kier alpha value is -3.53. The fraction of sp³-hybridized carbons (Fsp3) is 0.409. The average molecular weight is 435 g/mol. The zero-order valence-electron chi connectivity index (χ0n) is 18.1. The molecule has 2 aliphatic rings. The molecular formula is C22H26N8O2. The minimum absolute atomic E-state index is 0.0519. The Bertz CT molecular complexity index is 1180. The third kappa shape index (κ3) is 3.46. The molecule has 166 valence electrons. The van der Waals surface area contributed by atoms with Crippen LogP contribution in [0, 0.1) is 0 Å². The molecule has 10 heteroatoms. The van der Waals surface area contributed by atoms with E-state index in [4.69, 9.17) is 10.7 Å². The molecule has 0 radical (unpaired) electrons. The number of hydrogen-bond acceptors (Lipinski definition) is 6. The van der Waals surface area contributed by atoms with Crippen molar-refractivity contribution in [3.05, 3.63) is 36.3 Å². The van der Waals surface area contributed by atoms with E-state index in [-0.39, 0.29) is 18.0 Å². The molecule has 3 aromatic rings. The SMILES string of the molecule is CC(C)(N)C(=O)N1CCC(N2C(=O)NCc3cnc4ccc(-c5cn[nH]c5)nc4c32)CC1. The van der Waals surface area contributed by atoms with Gasteiger partial charge in [-0.15, -0.1) is 0 Å². The van der Waals surface area contributed by atoms with Crippen molar-refractivity contribution < 1.29 is 9.59 Å². The summed E-state index contributed by atoms with van der Waals surface area (Å²) in [5.41, 5.74) is 9.87. The van der Waals surface area contributed by atoms with E-state index in [0.717, 1.165) is 28.0 Å². The lowest BCUT2D eigenvalue weighted by Crippen LogP contribution is -2.57. The standard InChI is InChI=1S/C22H26N8O2/c1-22(2,23)20(31)29-7-5-15(6-8-29)30-19-14(10-25-21(30)32)9-24-17-4-3-16(28-18(17)19)13-11-26-27-12-13/h3-4,9,11-12,15H,5-8,10,23H2,1-2H3,(H,25,32)(H,26,27). The number of rotatable bonds is 3. The van der Waals surface area contributed by atoms with E-state index in [1.807, 2.05) is 17.0 Å². The zero-order chi connectivity index (χ0) is 22.5. The molecule has 5 rings (SSSR count). The van der Waals surface area contributed by atoms with Crippen molar-refractivity contribution in [2.45, 2.75) is 44.8 Å². The fourth-order valence-corrected chi connectivity index (χ4v) is 4.48. The summed E-state index contributed by atoms with van der Waals surface area (Å²) >= 11 is 0. The van der Waals surface area contributed by atoms with Gasteiger partial charge in [-0.05, 0) is 38.8 Å². The summed E-state index contributed by atoms with van der Waals surface area (Å²) in [4.78, 5) is 38.6. The molecule has 0 atom stereocenters. The summed E-state index contributed by atoms with van der Waals surface area (Å²) in [5.74, 6) is -0.0690. The molecule has 1 saturated heterocycles. The number of carbonyl (C=O) groups is 2. The van der Waals surface area contributed by atoms with E-state index >= 15 is 0 Å². The van der Waals surface area contributed by atoms with Crippen LogP contribution in [-0.4, -0.2) is 61.7 Å². The molecule has 3 amide bonds. The van der Waals surface area contributed by atoms with Gasteiger partial charge in [0.1, 0.15) is 5.52 Å². The topological polar surface area (TPSA) is 133 Å². The minimum Gasteiger partial charge on any atom is -0.341 e. The third-order valence-electron chi connectivity index (χ3n) is 6.11. The van der Waals surface area contributed by atoms with E-state index in [9.17, 15) is 9.59 Å². The molecule has 4 N–H and O–H groups in total. The number of anilines is 1. The highest BCUT2D eigenvalue weighted by molar-refractivity contribution is 6.04. The van der Waals surface area contributed by atoms with Gasteiger partial charge in [0.05, 0.1) is 28.6 Å². The number of aromatic nitrogens is 4. The number of aromatic amines is 1. The summed E-state index contributed by atoms with van der Waals surface area (Å²) in [5, 5.41) is 9.77. The first-order valence-corrected chi connectivity index (χ1v) is 10.8. The minimum atomic E-state index is -0.906. The lowest BCUT2D eigenvalue weighted by Gasteiger charge is -2.42. The van der Waals surface area contributed by atoms with Gasteiger partial charge in [0, 0.05) is 49.2 Å². The lowest BCUT2D eigenvalue weighted by atomic mass is 9.97. The van der Waals surface area contributed by atoms with Crippen LogP contribution in [0.25, 0.3) is 22.3 Å². The molecule has 1 fully saturated rings. The first-order chi connectivity index (χ1) is 15.3. The molecule has 0 spiro atoms. The highest BCUT2D eigenvalue weighted by Gasteiger charge is 2.37. The Labute approximate surface area is 185 Å². The van der Waals surface area contributed by atoms with E-state index < -0.39 is 5.54 Å². The van der Waals surface area contributed by atoms with Crippen LogP contribution in [0.15, 0.2) is 30.7 Å². The number of likely N-dealkylation sites (tertiary alicyclic amines) is 1. The second-order valence-corrected chi connectivity index (χ2v) is 8.96. The quantitative estimate of drug-likeness (QED) is 0.575. The van der Waals surface area contributed by atoms with Crippen LogP contribution < -0.4 is 16.0 Å². The third-order valence-corrected chi connectivity index (χ3v) is 6.11. The molecule has 0 aromatic carbocycles.